The summed E-state index contributed by atoms with van der Waals surface area (Å²) in [4.78, 5) is 12.1. The van der Waals surface area contributed by atoms with Gasteiger partial charge in [-0.3, -0.25) is 14.2 Å². The number of alkyl halides is 2. The van der Waals surface area contributed by atoms with Gasteiger partial charge in [-0.2, -0.15) is 34.2 Å². The Morgan fingerprint density at radius 3 is 1.32 bits per heavy atom. The van der Waals surface area contributed by atoms with E-state index in [2.05, 4.69) is 9.44 Å². The number of carbonyl (C=O) groups is 1. The van der Waals surface area contributed by atoms with Crippen LogP contribution in [0.2, 0.25) is 0 Å². The molecule has 2 aromatic rings. The molecule has 2 aliphatic heterocycles. The normalized spacial score (nSPS) is 18.9. The van der Waals surface area contributed by atoms with E-state index in [1.165, 1.54) is 57.1 Å². The summed E-state index contributed by atoms with van der Waals surface area (Å²) in [6.45, 7) is 1.92. The zero-order valence-corrected chi connectivity index (χ0v) is 22.7. The van der Waals surface area contributed by atoms with E-state index in [1.807, 2.05) is 0 Å². The number of morpholine rings is 2. The third kappa shape index (κ3) is 7.98. The first kappa shape index (κ1) is 29.9. The van der Waals surface area contributed by atoms with Gasteiger partial charge >= 0.3 is 33.1 Å². The van der Waals surface area contributed by atoms with E-state index in [0.29, 0.717) is 0 Å². The van der Waals surface area contributed by atoms with E-state index in [-0.39, 0.29) is 75.5 Å². The fraction of sp³-hybridized carbons (Fsp3) is 0.435. The maximum atomic E-state index is 14.4. The third-order valence-corrected chi connectivity index (χ3v) is 8.83. The summed E-state index contributed by atoms with van der Waals surface area (Å²) < 4.78 is 105. The number of hydrogen-bond acceptors (Lipinski definition) is 9. The molecule has 40 heavy (non-hydrogen) atoms. The predicted octanol–water partition coefficient (Wildman–Crippen LogP) is 1.28. The summed E-state index contributed by atoms with van der Waals surface area (Å²) in [5.41, 5.74) is 0.339. The molecule has 0 amide bonds. The van der Waals surface area contributed by atoms with Gasteiger partial charge in [-0.15, -0.1) is 0 Å². The fourth-order valence-electron chi connectivity index (χ4n) is 3.66. The Balaban J connectivity index is 1.27. The summed E-state index contributed by atoms with van der Waals surface area (Å²) >= 11 is 0. The van der Waals surface area contributed by atoms with Gasteiger partial charge in [0.05, 0.1) is 37.8 Å². The molecule has 0 spiro atoms. The zero-order chi connectivity index (χ0) is 28.8. The lowest BCUT2D eigenvalue weighted by atomic mass is 10.3. The van der Waals surface area contributed by atoms with Crippen LogP contribution in [0.25, 0.3) is 0 Å². The first-order valence-electron chi connectivity index (χ1n) is 12.1. The molecule has 17 heteroatoms. The zero-order valence-electron chi connectivity index (χ0n) is 21.1. The van der Waals surface area contributed by atoms with Crippen molar-refractivity contribution in [2.75, 3.05) is 62.1 Å². The second kappa shape index (κ2) is 13.0. The molecule has 4 rings (SSSR count). The molecule has 2 fully saturated rings. The fourth-order valence-corrected chi connectivity index (χ4v) is 6.05. The van der Waals surface area contributed by atoms with Crippen molar-refractivity contribution in [2.24, 2.45) is 0 Å². The van der Waals surface area contributed by atoms with Crippen molar-refractivity contribution in [2.45, 2.75) is 12.7 Å². The second-order valence-electron chi connectivity index (χ2n) is 8.56. The van der Waals surface area contributed by atoms with Crippen molar-refractivity contribution >= 4 is 37.6 Å². The topological polar surface area (TPSA) is 153 Å². The highest BCUT2D eigenvalue weighted by Crippen LogP contribution is 2.22. The van der Waals surface area contributed by atoms with Crippen molar-refractivity contribution in [1.82, 2.24) is 8.61 Å². The van der Waals surface area contributed by atoms with Gasteiger partial charge in [0.1, 0.15) is 11.5 Å². The van der Waals surface area contributed by atoms with E-state index in [0.717, 1.165) is 0 Å². The average molecular weight is 607 g/mol. The molecule has 2 saturated heterocycles. The van der Waals surface area contributed by atoms with Crippen LogP contribution in [0.15, 0.2) is 48.5 Å². The molecular formula is C23H28F2N4O9S2. The molecule has 2 N–H and O–H groups in total. The van der Waals surface area contributed by atoms with Crippen LogP contribution in [0.5, 0.6) is 11.5 Å². The van der Waals surface area contributed by atoms with Gasteiger partial charge in [-0.1, -0.05) is 0 Å². The van der Waals surface area contributed by atoms with Crippen molar-refractivity contribution in [1.29, 1.82) is 0 Å². The Morgan fingerprint density at radius 1 is 0.675 bits per heavy atom. The maximum absolute atomic E-state index is 14.4. The van der Waals surface area contributed by atoms with E-state index in [4.69, 9.17) is 18.9 Å². The minimum atomic E-state index is -3.82. The van der Waals surface area contributed by atoms with E-state index < -0.39 is 38.9 Å². The van der Waals surface area contributed by atoms with Crippen LogP contribution in [0.3, 0.4) is 0 Å². The molecule has 0 aliphatic carbocycles. The van der Waals surface area contributed by atoms with Crippen LogP contribution in [-0.4, -0.2) is 96.6 Å². The summed E-state index contributed by atoms with van der Waals surface area (Å²) in [5.74, 6) is -1.95. The first-order valence-corrected chi connectivity index (χ1v) is 15.0. The molecule has 0 radical (unpaired) electrons. The summed E-state index contributed by atoms with van der Waals surface area (Å²) in [7, 11) is -7.63. The van der Waals surface area contributed by atoms with Crippen molar-refractivity contribution in [3.05, 3.63) is 48.5 Å². The highest BCUT2D eigenvalue weighted by Gasteiger charge is 2.31. The van der Waals surface area contributed by atoms with Crippen molar-refractivity contribution in [3.63, 3.8) is 0 Å². The van der Waals surface area contributed by atoms with Crippen LogP contribution < -0.4 is 18.9 Å². The molecule has 2 aromatic carbocycles. The number of benzene rings is 2. The number of ketones is 1. The number of ether oxygens (including phenoxy) is 4. The molecule has 2 atom stereocenters. The predicted molar refractivity (Wildman–Crippen MR) is 139 cm³/mol. The quantitative estimate of drug-likeness (QED) is 0.364. The Bertz CT molecular complexity index is 1250. The maximum Gasteiger partial charge on any atom is 0.303 e. The number of rotatable bonds is 12. The largest absolute Gasteiger partial charge is 0.453 e. The molecular weight excluding hydrogens is 578 g/mol. The van der Waals surface area contributed by atoms with Crippen molar-refractivity contribution < 1.29 is 49.4 Å². The molecule has 2 unspecified atom stereocenters. The number of Topliss-reactive ketones (excluding diaryl/α,β-unsaturated/α-hetero) is 1. The van der Waals surface area contributed by atoms with Crippen LogP contribution in [0.4, 0.5) is 20.2 Å². The molecule has 13 nitrogen and oxygen atoms in total. The van der Waals surface area contributed by atoms with Crippen molar-refractivity contribution in [3.8, 4) is 11.5 Å². The van der Waals surface area contributed by atoms with Crippen LogP contribution in [0, 0.1) is 0 Å². The lowest BCUT2D eigenvalue weighted by molar-refractivity contribution is -0.148. The average Bonchev–Trinajstić information content (AvgIpc) is 2.95. The summed E-state index contributed by atoms with van der Waals surface area (Å²) in [6, 6.07) is 10.0. The number of hydrogen-bond donors (Lipinski definition) is 2. The van der Waals surface area contributed by atoms with Crippen LogP contribution in [-0.2, 0) is 34.7 Å². The van der Waals surface area contributed by atoms with Gasteiger partial charge in [0.15, 0.2) is 0 Å². The lowest BCUT2D eigenvalue weighted by Crippen LogP contribution is -2.43. The SMILES string of the molecule is O=C(C(F)Oc1ccc(NS(=O)(=O)N2CCOCC2)cc1)C(F)Oc1ccc(NS(=O)(=O)N2CCOCC2)cc1. The van der Waals surface area contributed by atoms with Gasteiger partial charge in [0.25, 0.3) is 5.78 Å². The molecule has 220 valence electrons. The molecule has 0 saturated carbocycles. The Kier molecular flexibility index (Phi) is 9.75. The molecule has 0 aromatic heterocycles. The van der Waals surface area contributed by atoms with Crippen LogP contribution in [0.1, 0.15) is 0 Å². The molecule has 2 aliphatic rings. The third-order valence-electron chi connectivity index (χ3n) is 5.75. The minimum Gasteiger partial charge on any atom is -0.453 e. The smallest absolute Gasteiger partial charge is 0.303 e. The second-order valence-corrected chi connectivity index (χ2v) is 11.9. The summed E-state index contributed by atoms with van der Waals surface area (Å²) in [5, 5.41) is 0. The molecule has 2 heterocycles. The van der Waals surface area contributed by atoms with Gasteiger partial charge < -0.3 is 18.9 Å². The highest BCUT2D eigenvalue weighted by molar-refractivity contribution is 7.90. The van der Waals surface area contributed by atoms with E-state index in [9.17, 15) is 30.4 Å². The monoisotopic (exact) mass is 606 g/mol. The van der Waals surface area contributed by atoms with Gasteiger partial charge in [-0.25, -0.2) is 0 Å². The van der Waals surface area contributed by atoms with E-state index >= 15 is 0 Å². The number of nitrogens with one attached hydrogen (secondary N) is 2. The standard InChI is InChI=1S/C23H28F2N4O9S2/c24-22(37-19-5-1-17(2-6-19)26-39(31,32)28-9-13-35-14-10-28)21(30)23(25)38-20-7-3-18(4-8-20)27-40(33,34)29-11-15-36-16-12-29/h1-8,22-23,26-27H,9-16H2. The lowest BCUT2D eigenvalue weighted by Gasteiger charge is -2.26. The first-order chi connectivity index (χ1) is 19.0. The van der Waals surface area contributed by atoms with Gasteiger partial charge in [-0.05, 0) is 48.5 Å². The van der Waals surface area contributed by atoms with E-state index in [1.54, 1.807) is 0 Å². The Hall–Kier alpha value is -3.09. The highest BCUT2D eigenvalue weighted by atomic mass is 32.2. The number of halogens is 2. The number of carbonyl (C=O) groups excluding carboxylic acids is 1. The molecule has 0 bridgehead atoms. The summed E-state index contributed by atoms with van der Waals surface area (Å²) in [6.07, 6.45) is -5.43. The van der Waals surface area contributed by atoms with Gasteiger partial charge in [0, 0.05) is 26.2 Å². The Morgan fingerprint density at radius 2 is 1.00 bits per heavy atom. The minimum absolute atomic E-state index is 0.153. The number of nitrogens with zero attached hydrogens (tertiary/aromatic N) is 2. The Labute approximate surface area is 230 Å². The number of anilines is 2. The van der Waals surface area contributed by atoms with Crippen LogP contribution >= 0.6 is 0 Å². The van der Waals surface area contributed by atoms with Gasteiger partial charge in [0.2, 0.25) is 0 Å².